The van der Waals surface area contributed by atoms with Crippen molar-refractivity contribution < 1.29 is 28.5 Å². The molecule has 0 radical (unpaired) electrons. The first-order chi connectivity index (χ1) is 18.1. The van der Waals surface area contributed by atoms with Gasteiger partial charge < -0.3 is 0 Å². The zero-order chi connectivity index (χ0) is 26.8. The summed E-state index contributed by atoms with van der Waals surface area (Å²) in [7, 11) is 0. The van der Waals surface area contributed by atoms with E-state index in [0.717, 1.165) is 4.62 Å². The molecule has 2 rings (SSSR count). The third-order valence-electron chi connectivity index (χ3n) is 7.04. The number of carbonyl (C=O) groups excluding carboxylic acids is 2. The van der Waals surface area contributed by atoms with E-state index in [-0.39, 0.29) is 18.4 Å². The van der Waals surface area contributed by atoms with Crippen molar-refractivity contribution in [3.63, 3.8) is 0 Å². The van der Waals surface area contributed by atoms with E-state index in [1.807, 2.05) is 0 Å². The van der Waals surface area contributed by atoms with E-state index in [2.05, 4.69) is 20.8 Å². The molecule has 1 aliphatic rings. The molecular formula is C29H49NO6Sn. The average molecular weight is 626 g/mol. The molecule has 0 aliphatic carbocycles. The molecule has 0 aromatic heterocycles. The van der Waals surface area contributed by atoms with Crippen molar-refractivity contribution in [1.29, 1.82) is 0 Å². The van der Waals surface area contributed by atoms with E-state index in [1.165, 1.54) is 56.7 Å². The molecule has 0 unspecified atom stereocenters. The van der Waals surface area contributed by atoms with Gasteiger partial charge in [0.2, 0.25) is 0 Å². The topological polar surface area (TPSA) is 74.3 Å². The van der Waals surface area contributed by atoms with E-state index in [9.17, 15) is 9.59 Å². The van der Waals surface area contributed by atoms with Crippen LogP contribution in [0.3, 0.4) is 0 Å². The molecule has 0 fully saturated rings. The molecule has 0 N–H and O–H groups in total. The zero-order valence-electron chi connectivity index (χ0n) is 23.4. The van der Waals surface area contributed by atoms with Crippen LogP contribution in [-0.4, -0.2) is 92.5 Å². The third-order valence-corrected chi connectivity index (χ3v) is 21.5. The average Bonchev–Trinajstić information content (AvgIpc) is 3.16. The molecule has 210 valence electrons. The van der Waals surface area contributed by atoms with Gasteiger partial charge in [-0.25, -0.2) is 0 Å². The Morgan fingerprint density at radius 3 is 1.46 bits per heavy atom. The van der Waals surface area contributed by atoms with Crippen LogP contribution in [0.1, 0.15) is 80.0 Å². The number of rotatable bonds is 23. The number of unbranched alkanes of at least 4 members (excludes halogenated alkanes) is 3. The van der Waals surface area contributed by atoms with E-state index in [1.54, 1.807) is 24.3 Å². The first kappa shape index (κ1) is 32.2. The zero-order valence-corrected chi connectivity index (χ0v) is 26.3. The fourth-order valence-electron chi connectivity index (χ4n) is 4.79. The third kappa shape index (κ3) is 11.3. The maximum absolute atomic E-state index is 12.3. The van der Waals surface area contributed by atoms with Gasteiger partial charge in [-0.15, -0.1) is 0 Å². The standard InChI is InChI=1S/C17H22NO6.3C4H9.Sn/c1-21-8-9-23-12-13-24-11-10-22-7-6-18-16(19)14-4-2-3-5-15(14)17(18)20;3*1-3-4-2;/h2-5H,1,6-13H2;3*1,3-4H2,2H3;. The second kappa shape index (κ2) is 19.1. The van der Waals surface area contributed by atoms with Gasteiger partial charge >= 0.3 is 161 Å². The predicted molar refractivity (Wildman–Crippen MR) is 150 cm³/mol. The fraction of sp³-hybridized carbons (Fsp3) is 0.724. The van der Waals surface area contributed by atoms with Gasteiger partial charge in [0.05, 0.1) is 17.7 Å². The molecule has 8 heteroatoms. The summed E-state index contributed by atoms with van der Waals surface area (Å²) in [6.45, 7) is 10.6. The number of fused-ring (bicyclic) bond motifs is 1. The van der Waals surface area contributed by atoms with Gasteiger partial charge in [-0.1, -0.05) is 12.1 Å². The Morgan fingerprint density at radius 2 is 1.03 bits per heavy atom. The molecule has 0 saturated heterocycles. The van der Waals surface area contributed by atoms with E-state index < -0.39 is 18.4 Å². The molecular weight excluding hydrogens is 577 g/mol. The van der Waals surface area contributed by atoms with Crippen LogP contribution in [0, 0.1) is 0 Å². The van der Waals surface area contributed by atoms with Crippen LogP contribution >= 0.6 is 0 Å². The van der Waals surface area contributed by atoms with Crippen LogP contribution in [0.2, 0.25) is 13.3 Å². The van der Waals surface area contributed by atoms with Crippen LogP contribution in [0.5, 0.6) is 0 Å². The molecule has 7 nitrogen and oxygen atoms in total. The smallest absolute Gasteiger partial charge is 0.272 e. The summed E-state index contributed by atoms with van der Waals surface area (Å²) >= 11 is -2.20. The Bertz CT molecular complexity index is 733. The summed E-state index contributed by atoms with van der Waals surface area (Å²) < 4.78 is 28.5. The minimum absolute atomic E-state index is 0.246. The van der Waals surface area contributed by atoms with Crippen molar-refractivity contribution in [2.75, 3.05) is 57.4 Å². The summed E-state index contributed by atoms with van der Waals surface area (Å²) in [5.74, 6) is -0.502. The van der Waals surface area contributed by atoms with Crippen LogP contribution in [-0.2, 0) is 18.9 Å². The molecule has 1 aromatic carbocycles. The summed E-state index contributed by atoms with van der Waals surface area (Å²) in [4.78, 5) is 25.9. The molecule has 0 spiro atoms. The molecule has 0 atom stereocenters. The SMILES string of the molecule is CCC[CH2][Sn]([CH2]CCC)([CH2]CCC)[CH2]OCCOCCOCCOCCN1C(=O)c2ccccc2C1=O. The molecule has 2 amide bonds. The summed E-state index contributed by atoms with van der Waals surface area (Å²) in [5, 5.41) is 0. The van der Waals surface area contributed by atoms with E-state index in [0.29, 0.717) is 57.4 Å². The van der Waals surface area contributed by atoms with Crippen LogP contribution in [0.4, 0.5) is 0 Å². The number of carbonyl (C=O) groups is 2. The quantitative estimate of drug-likeness (QED) is 0.0878. The molecule has 0 saturated carbocycles. The van der Waals surface area contributed by atoms with Gasteiger partial charge in [0.25, 0.3) is 11.8 Å². The Labute approximate surface area is 228 Å². The van der Waals surface area contributed by atoms with Gasteiger partial charge in [-0.2, -0.15) is 0 Å². The minimum Gasteiger partial charge on any atom is -0.272 e. The number of hydrogen-bond donors (Lipinski definition) is 0. The van der Waals surface area contributed by atoms with Crippen molar-refractivity contribution in [3.05, 3.63) is 35.4 Å². The van der Waals surface area contributed by atoms with E-state index in [4.69, 9.17) is 18.9 Å². The number of benzene rings is 1. The van der Waals surface area contributed by atoms with Gasteiger partial charge in [-0.05, 0) is 12.1 Å². The monoisotopic (exact) mass is 627 g/mol. The molecule has 37 heavy (non-hydrogen) atoms. The normalized spacial score (nSPS) is 13.5. The van der Waals surface area contributed by atoms with Crippen molar-refractivity contribution >= 4 is 30.2 Å². The first-order valence-electron chi connectivity index (χ1n) is 14.3. The van der Waals surface area contributed by atoms with E-state index >= 15 is 0 Å². The van der Waals surface area contributed by atoms with Crippen LogP contribution < -0.4 is 0 Å². The Morgan fingerprint density at radius 1 is 0.622 bits per heavy atom. The van der Waals surface area contributed by atoms with Crippen molar-refractivity contribution in [2.24, 2.45) is 0 Å². The minimum atomic E-state index is -2.20. The Balaban J connectivity index is 1.48. The summed E-state index contributed by atoms with van der Waals surface area (Å²) in [6.07, 6.45) is 7.97. The Kier molecular flexibility index (Phi) is 16.6. The van der Waals surface area contributed by atoms with Gasteiger partial charge in [0.15, 0.2) is 0 Å². The number of imide groups is 1. The van der Waals surface area contributed by atoms with Crippen LogP contribution in [0.15, 0.2) is 24.3 Å². The Hall–Kier alpha value is -1.00. The second-order valence-electron chi connectivity index (χ2n) is 10.0. The number of nitrogens with zero attached hydrogens (tertiary/aromatic N) is 1. The number of ether oxygens (including phenoxy) is 4. The number of amides is 2. The number of hydrogen-bond acceptors (Lipinski definition) is 6. The van der Waals surface area contributed by atoms with Gasteiger partial charge in [0, 0.05) is 0 Å². The van der Waals surface area contributed by atoms with Crippen molar-refractivity contribution in [2.45, 2.75) is 72.6 Å². The second-order valence-corrected chi connectivity index (χ2v) is 23.7. The van der Waals surface area contributed by atoms with Gasteiger partial charge in [0.1, 0.15) is 0 Å². The first-order valence-corrected chi connectivity index (χ1v) is 22.4. The van der Waals surface area contributed by atoms with Crippen LogP contribution in [0.25, 0.3) is 0 Å². The molecule has 1 aromatic rings. The predicted octanol–water partition coefficient (Wildman–Crippen LogP) is 5.74. The molecule has 1 heterocycles. The summed E-state index contributed by atoms with van der Waals surface area (Å²) in [5.41, 5.74) is 0.932. The maximum atomic E-state index is 12.3. The summed E-state index contributed by atoms with van der Waals surface area (Å²) in [6, 6.07) is 6.90. The fourth-order valence-corrected chi connectivity index (χ4v) is 19.3. The molecule has 0 bridgehead atoms. The van der Waals surface area contributed by atoms with Crippen molar-refractivity contribution in [1.82, 2.24) is 4.90 Å². The molecule has 1 aliphatic heterocycles. The van der Waals surface area contributed by atoms with Gasteiger partial charge in [-0.3, -0.25) is 14.5 Å². The van der Waals surface area contributed by atoms with Crippen molar-refractivity contribution in [3.8, 4) is 0 Å².